The predicted octanol–water partition coefficient (Wildman–Crippen LogP) is 3.86. The van der Waals surface area contributed by atoms with Gasteiger partial charge >= 0.3 is 0 Å². The smallest absolute Gasteiger partial charge is 0.123 e. The Balaban J connectivity index is 1.59. The lowest BCUT2D eigenvalue weighted by molar-refractivity contribution is 0.195. The molecule has 0 unspecified atom stereocenters. The number of hydrogen-bond acceptors (Lipinski definition) is 3. The first-order chi connectivity index (χ1) is 12.1. The molecule has 0 aliphatic carbocycles. The van der Waals surface area contributed by atoms with Crippen molar-refractivity contribution in [2.75, 3.05) is 13.1 Å². The molecule has 0 amide bonds. The first kappa shape index (κ1) is 16.2. The van der Waals surface area contributed by atoms with Crippen LogP contribution < -0.4 is 0 Å². The molecule has 2 aromatic heterocycles. The third-order valence-corrected chi connectivity index (χ3v) is 5.03. The normalized spacial score (nSPS) is 18.8. The van der Waals surface area contributed by atoms with E-state index in [9.17, 15) is 4.39 Å². The number of hydrogen-bond donors (Lipinski definition) is 0. The van der Waals surface area contributed by atoms with E-state index in [1.54, 1.807) is 0 Å². The summed E-state index contributed by atoms with van der Waals surface area (Å²) >= 11 is 0. The zero-order valence-corrected chi connectivity index (χ0v) is 14.7. The van der Waals surface area contributed by atoms with Gasteiger partial charge in [-0.3, -0.25) is 9.30 Å². The van der Waals surface area contributed by atoms with Crippen molar-refractivity contribution >= 4 is 5.52 Å². The summed E-state index contributed by atoms with van der Waals surface area (Å²) in [4.78, 5) is 11.8. The van der Waals surface area contributed by atoms with Crippen molar-refractivity contribution in [2.45, 2.75) is 39.2 Å². The summed E-state index contributed by atoms with van der Waals surface area (Å²) in [5, 5.41) is 0. The molecule has 0 radical (unpaired) electrons. The van der Waals surface area contributed by atoms with Crippen molar-refractivity contribution in [1.82, 2.24) is 19.3 Å². The van der Waals surface area contributed by atoms with Crippen LogP contribution in [-0.2, 0) is 6.54 Å². The molecule has 1 saturated heterocycles. The number of aromatic nitrogens is 3. The van der Waals surface area contributed by atoms with Crippen LogP contribution in [0.25, 0.3) is 5.52 Å². The van der Waals surface area contributed by atoms with Crippen LogP contribution in [0.2, 0.25) is 0 Å². The molecule has 1 aliphatic heterocycles. The number of fused-ring (bicyclic) bond motifs is 1. The number of halogens is 1. The van der Waals surface area contributed by atoms with E-state index in [1.165, 1.54) is 12.1 Å². The Bertz CT molecular complexity index is 885. The second-order valence-electron chi connectivity index (χ2n) is 7.02. The second kappa shape index (κ2) is 6.56. The van der Waals surface area contributed by atoms with E-state index in [1.807, 2.05) is 32.2 Å². The Hall–Kier alpha value is -2.27. The molecule has 3 aromatic rings. The molecule has 1 atom stereocenters. The van der Waals surface area contributed by atoms with E-state index in [-0.39, 0.29) is 5.82 Å². The average Bonchev–Trinajstić information content (AvgIpc) is 2.97. The summed E-state index contributed by atoms with van der Waals surface area (Å²) in [6.45, 7) is 6.98. The third-order valence-electron chi connectivity index (χ3n) is 5.03. The number of nitrogens with zero attached hydrogens (tertiary/aromatic N) is 4. The molecule has 1 fully saturated rings. The van der Waals surface area contributed by atoms with Gasteiger partial charge in [0.1, 0.15) is 17.5 Å². The number of likely N-dealkylation sites (tertiary alicyclic amines) is 1. The van der Waals surface area contributed by atoms with Gasteiger partial charge in [0, 0.05) is 24.7 Å². The first-order valence-electron chi connectivity index (χ1n) is 8.88. The van der Waals surface area contributed by atoms with E-state index < -0.39 is 0 Å². The zero-order chi connectivity index (χ0) is 17.4. The minimum absolute atomic E-state index is 0.179. The Morgan fingerprint density at radius 3 is 2.80 bits per heavy atom. The van der Waals surface area contributed by atoms with Crippen LogP contribution in [0.3, 0.4) is 0 Å². The maximum absolute atomic E-state index is 13.1. The largest absolute Gasteiger partial charge is 0.298 e. The summed E-state index contributed by atoms with van der Waals surface area (Å²) < 4.78 is 15.3. The van der Waals surface area contributed by atoms with Crippen molar-refractivity contribution in [3.05, 3.63) is 65.3 Å². The van der Waals surface area contributed by atoms with E-state index >= 15 is 0 Å². The van der Waals surface area contributed by atoms with Crippen LogP contribution in [0.15, 0.2) is 36.5 Å². The molecule has 0 N–H and O–H groups in total. The molecule has 1 aliphatic rings. The lowest BCUT2D eigenvalue weighted by Gasteiger charge is -2.33. The Labute approximate surface area is 147 Å². The van der Waals surface area contributed by atoms with Gasteiger partial charge in [-0.1, -0.05) is 12.1 Å². The van der Waals surface area contributed by atoms with Gasteiger partial charge in [-0.2, -0.15) is 0 Å². The average molecular weight is 338 g/mol. The predicted molar refractivity (Wildman–Crippen MR) is 96.1 cm³/mol. The van der Waals surface area contributed by atoms with Gasteiger partial charge in [0.2, 0.25) is 0 Å². The van der Waals surface area contributed by atoms with Gasteiger partial charge in [0.05, 0.1) is 11.7 Å². The molecule has 0 spiro atoms. The van der Waals surface area contributed by atoms with Gasteiger partial charge in [0.15, 0.2) is 0 Å². The van der Waals surface area contributed by atoms with Crippen LogP contribution in [0.1, 0.15) is 41.7 Å². The molecular weight excluding hydrogens is 315 g/mol. The fraction of sp³-hybridized carbons (Fsp3) is 0.400. The fourth-order valence-corrected chi connectivity index (χ4v) is 3.87. The highest BCUT2D eigenvalue weighted by atomic mass is 19.1. The summed E-state index contributed by atoms with van der Waals surface area (Å²) in [5.74, 6) is 2.33. The van der Waals surface area contributed by atoms with Crippen LogP contribution in [0, 0.1) is 19.7 Å². The highest BCUT2D eigenvalue weighted by Crippen LogP contribution is 2.28. The minimum atomic E-state index is -0.179. The summed E-state index contributed by atoms with van der Waals surface area (Å²) in [6, 6.07) is 8.92. The molecule has 5 heteroatoms. The van der Waals surface area contributed by atoms with Crippen molar-refractivity contribution in [3.63, 3.8) is 0 Å². The first-order valence-corrected chi connectivity index (χ1v) is 8.88. The topological polar surface area (TPSA) is 33.4 Å². The molecule has 130 valence electrons. The number of benzene rings is 1. The lowest BCUT2D eigenvalue weighted by atomic mass is 9.96. The summed E-state index contributed by atoms with van der Waals surface area (Å²) in [6.07, 6.45) is 4.21. The van der Waals surface area contributed by atoms with Crippen LogP contribution >= 0.6 is 0 Å². The molecule has 3 heterocycles. The number of rotatable bonds is 3. The maximum atomic E-state index is 13.1. The standard InChI is InChI=1S/C20H23FN4/c1-14-10-19-11-22-15(2)25(19)20(23-14)17-4-3-9-24(13-17)12-16-5-7-18(21)8-6-16/h5-8,10-11,17H,3-4,9,12-13H2,1-2H3/t17-/m1/s1. The van der Waals surface area contributed by atoms with Gasteiger partial charge in [-0.15, -0.1) is 0 Å². The molecule has 0 bridgehead atoms. The summed E-state index contributed by atoms with van der Waals surface area (Å²) in [7, 11) is 0. The van der Waals surface area contributed by atoms with Gasteiger partial charge in [0.25, 0.3) is 0 Å². The molecule has 25 heavy (non-hydrogen) atoms. The zero-order valence-electron chi connectivity index (χ0n) is 14.7. The monoisotopic (exact) mass is 338 g/mol. The number of piperidine rings is 1. The molecular formula is C20H23FN4. The molecule has 4 rings (SSSR count). The second-order valence-corrected chi connectivity index (χ2v) is 7.02. The third kappa shape index (κ3) is 3.29. The van der Waals surface area contributed by atoms with E-state index in [0.29, 0.717) is 5.92 Å². The Morgan fingerprint density at radius 1 is 1.20 bits per heavy atom. The Morgan fingerprint density at radius 2 is 2.00 bits per heavy atom. The quantitative estimate of drug-likeness (QED) is 0.727. The van der Waals surface area contributed by atoms with E-state index in [0.717, 1.165) is 60.9 Å². The molecule has 1 aromatic carbocycles. The maximum Gasteiger partial charge on any atom is 0.123 e. The van der Waals surface area contributed by atoms with Crippen molar-refractivity contribution in [2.24, 2.45) is 0 Å². The Kier molecular flexibility index (Phi) is 4.25. The minimum Gasteiger partial charge on any atom is -0.298 e. The number of aryl methyl sites for hydroxylation is 2. The van der Waals surface area contributed by atoms with E-state index in [2.05, 4.69) is 20.4 Å². The fourth-order valence-electron chi connectivity index (χ4n) is 3.87. The van der Waals surface area contributed by atoms with Crippen molar-refractivity contribution in [1.29, 1.82) is 0 Å². The van der Waals surface area contributed by atoms with Gasteiger partial charge in [-0.05, 0) is 57.0 Å². The van der Waals surface area contributed by atoms with Crippen molar-refractivity contribution in [3.8, 4) is 0 Å². The van der Waals surface area contributed by atoms with Crippen LogP contribution in [0.4, 0.5) is 4.39 Å². The van der Waals surface area contributed by atoms with Crippen LogP contribution in [0.5, 0.6) is 0 Å². The SMILES string of the molecule is Cc1cc2cnc(C)n2c([C@@H]2CCCN(Cc3ccc(F)cc3)C2)n1. The van der Waals surface area contributed by atoms with Crippen molar-refractivity contribution < 1.29 is 4.39 Å². The molecule has 4 nitrogen and oxygen atoms in total. The van der Waals surface area contributed by atoms with Gasteiger partial charge < -0.3 is 0 Å². The summed E-state index contributed by atoms with van der Waals surface area (Å²) in [5.41, 5.74) is 3.32. The van der Waals surface area contributed by atoms with E-state index in [4.69, 9.17) is 4.98 Å². The highest BCUT2D eigenvalue weighted by molar-refractivity contribution is 5.48. The lowest BCUT2D eigenvalue weighted by Crippen LogP contribution is -2.35. The number of imidazole rings is 1. The highest BCUT2D eigenvalue weighted by Gasteiger charge is 2.25. The molecule has 0 saturated carbocycles. The van der Waals surface area contributed by atoms with Crippen LogP contribution in [-0.4, -0.2) is 32.4 Å². The van der Waals surface area contributed by atoms with Gasteiger partial charge in [-0.25, -0.2) is 14.4 Å².